The summed E-state index contributed by atoms with van der Waals surface area (Å²) in [6.07, 6.45) is 2.67. The van der Waals surface area contributed by atoms with Crippen molar-refractivity contribution in [3.05, 3.63) is 63.9 Å². The number of Topliss-reactive ketones (excluding diaryl/α,β-unsaturated/α-hetero) is 2. The number of phenolic OH excluding ortho intramolecular Hbond substituents is 1. The molecule has 1 aliphatic heterocycles. The van der Waals surface area contributed by atoms with E-state index in [1.165, 1.54) is 17.7 Å². The second-order valence-corrected chi connectivity index (χ2v) is 13.2. The van der Waals surface area contributed by atoms with E-state index in [4.69, 9.17) is 5.73 Å². The quantitative estimate of drug-likeness (QED) is 0.304. The van der Waals surface area contributed by atoms with Gasteiger partial charge in [-0.2, -0.15) is 0 Å². The predicted octanol–water partition coefficient (Wildman–Crippen LogP) is 2.29. The van der Waals surface area contributed by atoms with E-state index in [0.29, 0.717) is 11.1 Å². The zero-order chi connectivity index (χ0) is 32.5. The van der Waals surface area contributed by atoms with Crippen LogP contribution in [0.25, 0.3) is 16.9 Å². The van der Waals surface area contributed by atoms with Gasteiger partial charge in [-0.15, -0.1) is 0 Å². The number of hydrogen-bond acceptors (Lipinski definition) is 10. The number of amides is 1. The maximum atomic E-state index is 14.2. The number of benzene rings is 2. The lowest BCUT2D eigenvalue weighted by Crippen LogP contribution is -2.65. The molecule has 0 bridgehead atoms. The zero-order valence-corrected chi connectivity index (χ0v) is 26.0. The van der Waals surface area contributed by atoms with E-state index >= 15 is 0 Å². The Labute approximate surface area is 261 Å². The van der Waals surface area contributed by atoms with E-state index < -0.39 is 58.0 Å². The third kappa shape index (κ3) is 4.63. The molecule has 0 unspecified atom stereocenters. The molecule has 45 heavy (non-hydrogen) atoms. The van der Waals surface area contributed by atoms with Crippen LogP contribution in [0.5, 0.6) is 5.75 Å². The van der Waals surface area contributed by atoms with Crippen LogP contribution in [0.4, 0.5) is 5.69 Å². The van der Waals surface area contributed by atoms with Gasteiger partial charge in [-0.3, -0.25) is 24.2 Å². The molecule has 2 aromatic carbocycles. The molecule has 3 aliphatic carbocycles. The predicted molar refractivity (Wildman–Crippen MR) is 169 cm³/mol. The number of aromatic hydroxyl groups is 1. The van der Waals surface area contributed by atoms with Gasteiger partial charge in [0, 0.05) is 43.4 Å². The molecule has 11 nitrogen and oxygen atoms in total. The van der Waals surface area contributed by atoms with Crippen molar-refractivity contribution < 1.29 is 34.8 Å². The first-order valence-electron chi connectivity index (χ1n) is 15.3. The monoisotopic (exact) mass is 616 g/mol. The molecular formula is C34H40N4O7. The van der Waals surface area contributed by atoms with Crippen LogP contribution in [0.1, 0.15) is 36.0 Å². The Balaban J connectivity index is 1.48. The Morgan fingerprint density at radius 3 is 2.27 bits per heavy atom. The van der Waals surface area contributed by atoms with Crippen molar-refractivity contribution >= 4 is 28.9 Å². The SMILES string of the molecule is CN(C)c1cc(-c2ccc(CN3CCCC3)cc2)c(O)c2c1C[C@H]1C[C@H]3[C@H](N(C)C)C(=O)C(C(N)=O)=C(O)[C@@]3(O)C(=O)C1=C2O. The molecule has 11 heteroatoms. The summed E-state index contributed by atoms with van der Waals surface area (Å²) in [5.41, 5.74) is 5.53. The summed E-state index contributed by atoms with van der Waals surface area (Å²) in [5.74, 6) is -6.63. The number of aliphatic hydroxyl groups excluding tert-OH is 2. The van der Waals surface area contributed by atoms with Gasteiger partial charge in [0.05, 0.1) is 11.6 Å². The average Bonchev–Trinajstić information content (AvgIpc) is 3.48. The number of hydrogen-bond donors (Lipinski definition) is 5. The molecule has 238 valence electrons. The van der Waals surface area contributed by atoms with Crippen LogP contribution in [-0.4, -0.2) is 101 Å². The number of carbonyl (C=O) groups excluding carboxylic acids is 3. The second-order valence-electron chi connectivity index (χ2n) is 13.2. The van der Waals surface area contributed by atoms with E-state index in [2.05, 4.69) is 4.90 Å². The standard InChI is InChI=1S/C34H40N4O7/c1-36(2)23-15-20(18-9-7-17(8-10-18)16-38-11-5-6-12-38)28(39)25-21(23)13-19-14-22-27(37(3)4)30(41)26(33(35)44)32(43)34(22,45)31(42)24(19)29(25)40/h7-10,15,19,22,27,39-40,43,45H,5-6,11-14,16H2,1-4H3,(H2,35,44)/t19-,22-,27-,34-/m0/s1. The average molecular weight is 617 g/mol. The first-order valence-corrected chi connectivity index (χ1v) is 15.3. The Morgan fingerprint density at radius 2 is 1.69 bits per heavy atom. The number of likely N-dealkylation sites (N-methyl/N-ethyl adjacent to an activating group) is 1. The summed E-state index contributed by atoms with van der Waals surface area (Å²) in [5, 5.41) is 46.5. The number of likely N-dealkylation sites (tertiary alicyclic amines) is 1. The van der Waals surface area contributed by atoms with Crippen LogP contribution < -0.4 is 10.6 Å². The first-order chi connectivity index (χ1) is 21.3. The molecular weight excluding hydrogens is 576 g/mol. The fourth-order valence-corrected chi connectivity index (χ4v) is 7.90. The number of phenols is 1. The van der Waals surface area contributed by atoms with Crippen molar-refractivity contribution in [3.8, 4) is 16.9 Å². The van der Waals surface area contributed by atoms with Gasteiger partial charge in [0.1, 0.15) is 22.8 Å². The molecule has 6 rings (SSSR count). The lowest BCUT2D eigenvalue weighted by molar-refractivity contribution is -0.153. The highest BCUT2D eigenvalue weighted by molar-refractivity contribution is 6.24. The number of fused-ring (bicyclic) bond motifs is 3. The molecule has 4 aliphatic rings. The smallest absolute Gasteiger partial charge is 0.255 e. The Hall–Kier alpha value is -4.19. The van der Waals surface area contributed by atoms with E-state index in [-0.39, 0.29) is 29.7 Å². The third-order valence-corrected chi connectivity index (χ3v) is 10.0. The van der Waals surface area contributed by atoms with Gasteiger partial charge in [-0.1, -0.05) is 24.3 Å². The number of nitrogens with zero attached hydrogens (tertiary/aromatic N) is 3. The van der Waals surface area contributed by atoms with Crippen molar-refractivity contribution in [3.63, 3.8) is 0 Å². The number of nitrogens with two attached hydrogens (primary N) is 1. The second kappa shape index (κ2) is 11.0. The molecule has 1 heterocycles. The lowest BCUT2D eigenvalue weighted by atomic mass is 9.57. The largest absolute Gasteiger partial charge is 0.508 e. The summed E-state index contributed by atoms with van der Waals surface area (Å²) in [6.45, 7) is 3.00. The third-order valence-electron chi connectivity index (χ3n) is 10.0. The van der Waals surface area contributed by atoms with Gasteiger partial charge in [0.15, 0.2) is 11.4 Å². The molecule has 1 saturated carbocycles. The number of anilines is 1. The van der Waals surface area contributed by atoms with Gasteiger partial charge in [0.25, 0.3) is 5.91 Å². The zero-order valence-electron chi connectivity index (χ0n) is 26.0. The number of aliphatic hydroxyl groups is 3. The molecule has 2 fully saturated rings. The highest BCUT2D eigenvalue weighted by Gasteiger charge is 2.64. The topological polar surface area (TPSA) is 168 Å². The van der Waals surface area contributed by atoms with Crippen molar-refractivity contribution in [1.82, 2.24) is 9.80 Å². The lowest BCUT2D eigenvalue weighted by Gasteiger charge is -2.50. The van der Waals surface area contributed by atoms with Crippen molar-refractivity contribution in [2.45, 2.75) is 43.9 Å². The minimum absolute atomic E-state index is 0.0413. The highest BCUT2D eigenvalue weighted by atomic mass is 16.3. The van der Waals surface area contributed by atoms with Gasteiger partial charge in [-0.05, 0) is 81.5 Å². The van der Waals surface area contributed by atoms with Gasteiger partial charge < -0.3 is 31.1 Å². The normalized spacial score (nSPS) is 26.7. The van der Waals surface area contributed by atoms with E-state index in [1.807, 2.05) is 49.3 Å². The molecule has 2 aromatic rings. The summed E-state index contributed by atoms with van der Waals surface area (Å²) < 4.78 is 0. The molecule has 6 N–H and O–H groups in total. The number of rotatable bonds is 6. The van der Waals surface area contributed by atoms with Crippen LogP contribution in [0.3, 0.4) is 0 Å². The summed E-state index contributed by atoms with van der Waals surface area (Å²) >= 11 is 0. The van der Waals surface area contributed by atoms with Crippen LogP contribution in [0.15, 0.2) is 47.2 Å². The fourth-order valence-electron chi connectivity index (χ4n) is 7.90. The number of carbonyl (C=O) groups is 3. The molecule has 1 amide bonds. The molecule has 4 atom stereocenters. The fraction of sp³-hybridized carbons (Fsp3) is 0.441. The molecule has 0 radical (unpaired) electrons. The van der Waals surface area contributed by atoms with Crippen molar-refractivity contribution in [2.24, 2.45) is 17.6 Å². The Bertz CT molecular complexity index is 1670. The van der Waals surface area contributed by atoms with E-state index in [9.17, 15) is 34.8 Å². The Morgan fingerprint density at radius 1 is 1.04 bits per heavy atom. The van der Waals surface area contributed by atoms with E-state index in [0.717, 1.165) is 36.4 Å². The summed E-state index contributed by atoms with van der Waals surface area (Å²) in [7, 11) is 6.87. The number of ketones is 2. The van der Waals surface area contributed by atoms with Crippen LogP contribution >= 0.6 is 0 Å². The van der Waals surface area contributed by atoms with Gasteiger partial charge >= 0.3 is 0 Å². The van der Waals surface area contributed by atoms with Crippen molar-refractivity contribution in [2.75, 3.05) is 46.2 Å². The van der Waals surface area contributed by atoms with Crippen molar-refractivity contribution in [1.29, 1.82) is 0 Å². The maximum Gasteiger partial charge on any atom is 0.255 e. The molecule has 0 aromatic heterocycles. The molecule has 0 spiro atoms. The molecule has 1 saturated heterocycles. The first kappa shape index (κ1) is 30.8. The van der Waals surface area contributed by atoms with E-state index in [1.54, 1.807) is 14.1 Å². The van der Waals surface area contributed by atoms with Crippen LogP contribution in [-0.2, 0) is 27.3 Å². The maximum absolute atomic E-state index is 14.2. The Kier molecular flexibility index (Phi) is 7.54. The summed E-state index contributed by atoms with van der Waals surface area (Å²) in [4.78, 5) is 45.6. The minimum Gasteiger partial charge on any atom is -0.508 e. The summed E-state index contributed by atoms with van der Waals surface area (Å²) in [6, 6.07) is 8.63. The van der Waals surface area contributed by atoms with Gasteiger partial charge in [0.2, 0.25) is 5.78 Å². The van der Waals surface area contributed by atoms with Crippen LogP contribution in [0.2, 0.25) is 0 Å². The van der Waals surface area contributed by atoms with Gasteiger partial charge in [-0.25, -0.2) is 0 Å². The minimum atomic E-state index is -2.67. The number of primary amides is 1. The van der Waals surface area contributed by atoms with Crippen LogP contribution in [0, 0.1) is 11.8 Å². The highest BCUT2D eigenvalue weighted by Crippen LogP contribution is 2.55.